The molecule has 3 heteroatoms. The zero-order valence-corrected chi connectivity index (χ0v) is 12.0. The lowest BCUT2D eigenvalue weighted by Crippen LogP contribution is -2.16. The van der Waals surface area contributed by atoms with Crippen LogP contribution in [-0.2, 0) is 6.54 Å². The van der Waals surface area contributed by atoms with Crippen LogP contribution in [0.3, 0.4) is 0 Å². The van der Waals surface area contributed by atoms with Gasteiger partial charge < -0.3 is 10.6 Å². The summed E-state index contributed by atoms with van der Waals surface area (Å²) < 4.78 is 13.2. The van der Waals surface area contributed by atoms with Crippen LogP contribution in [0.15, 0.2) is 48.5 Å². The predicted octanol–water partition coefficient (Wildman–Crippen LogP) is 3.52. The van der Waals surface area contributed by atoms with Crippen molar-refractivity contribution in [2.24, 2.45) is 5.73 Å². The molecule has 0 aliphatic heterocycles. The van der Waals surface area contributed by atoms with Crippen molar-refractivity contribution in [3.63, 3.8) is 0 Å². The van der Waals surface area contributed by atoms with E-state index in [1.807, 2.05) is 18.0 Å². The van der Waals surface area contributed by atoms with Gasteiger partial charge in [0.2, 0.25) is 0 Å². The maximum absolute atomic E-state index is 13.2. The van der Waals surface area contributed by atoms with E-state index >= 15 is 0 Å². The molecule has 1 unspecified atom stereocenters. The van der Waals surface area contributed by atoms with Crippen molar-refractivity contribution in [2.45, 2.75) is 19.4 Å². The lowest BCUT2D eigenvalue weighted by Gasteiger charge is -2.20. The first kappa shape index (κ1) is 14.5. The van der Waals surface area contributed by atoms with Crippen LogP contribution in [0.1, 0.15) is 24.0 Å². The van der Waals surface area contributed by atoms with E-state index in [-0.39, 0.29) is 5.82 Å². The Labute approximate surface area is 120 Å². The summed E-state index contributed by atoms with van der Waals surface area (Å²) in [7, 11) is 1.96. The van der Waals surface area contributed by atoms with Crippen molar-refractivity contribution in [3.05, 3.63) is 65.5 Å². The highest BCUT2D eigenvalue weighted by atomic mass is 19.1. The van der Waals surface area contributed by atoms with Gasteiger partial charge in [0, 0.05) is 19.3 Å². The number of hydrogen-bond donors (Lipinski definition) is 1. The van der Waals surface area contributed by atoms with Gasteiger partial charge in [-0.15, -0.1) is 0 Å². The topological polar surface area (TPSA) is 29.3 Å². The minimum atomic E-state index is -0.207. The van der Waals surface area contributed by atoms with Gasteiger partial charge in [0.15, 0.2) is 0 Å². The molecule has 0 radical (unpaired) electrons. The average Bonchev–Trinajstić information content (AvgIpc) is 2.47. The Morgan fingerprint density at radius 3 is 2.45 bits per heavy atom. The Morgan fingerprint density at radius 2 is 1.85 bits per heavy atom. The summed E-state index contributed by atoms with van der Waals surface area (Å²) in [6.45, 7) is 3.52. The molecule has 0 saturated carbocycles. The number of nitrogens with zero attached hydrogens (tertiary/aromatic N) is 1. The van der Waals surface area contributed by atoms with E-state index in [1.54, 1.807) is 12.1 Å². The highest BCUT2D eigenvalue weighted by molar-refractivity contribution is 5.46. The van der Waals surface area contributed by atoms with Crippen LogP contribution in [0.4, 0.5) is 10.1 Å². The molecule has 2 aromatic carbocycles. The number of halogens is 1. The number of rotatable bonds is 5. The third-order valence-electron chi connectivity index (χ3n) is 3.57. The minimum Gasteiger partial charge on any atom is -0.370 e. The SMILES string of the molecule is CC(CN)c1ccc(CN(C)c2cccc(F)c2)cc1. The monoisotopic (exact) mass is 272 g/mol. The third-order valence-corrected chi connectivity index (χ3v) is 3.57. The summed E-state index contributed by atoms with van der Waals surface area (Å²) in [6.07, 6.45) is 0. The molecule has 20 heavy (non-hydrogen) atoms. The molecule has 1 atom stereocenters. The second-order valence-corrected chi connectivity index (χ2v) is 5.21. The molecule has 0 aliphatic carbocycles. The molecule has 0 aliphatic rings. The van der Waals surface area contributed by atoms with Gasteiger partial charge in [0.05, 0.1) is 0 Å². The van der Waals surface area contributed by atoms with Crippen molar-refractivity contribution < 1.29 is 4.39 Å². The van der Waals surface area contributed by atoms with Crippen molar-refractivity contribution in [1.29, 1.82) is 0 Å². The Kier molecular flexibility index (Phi) is 4.74. The summed E-state index contributed by atoms with van der Waals surface area (Å²) in [5, 5.41) is 0. The molecule has 0 amide bonds. The summed E-state index contributed by atoms with van der Waals surface area (Å²) in [6, 6.07) is 15.1. The summed E-state index contributed by atoms with van der Waals surface area (Å²) in [5.74, 6) is 0.173. The molecule has 0 aromatic heterocycles. The fraction of sp³-hybridized carbons (Fsp3) is 0.294. The lowest BCUT2D eigenvalue weighted by atomic mass is 10.00. The van der Waals surface area contributed by atoms with Crippen LogP contribution < -0.4 is 10.6 Å². The largest absolute Gasteiger partial charge is 0.370 e. The molecule has 2 aromatic rings. The first-order valence-corrected chi connectivity index (χ1v) is 6.85. The Bertz CT molecular complexity index is 551. The van der Waals surface area contributed by atoms with E-state index < -0.39 is 0 Å². The van der Waals surface area contributed by atoms with E-state index in [2.05, 4.69) is 31.2 Å². The fourth-order valence-electron chi connectivity index (χ4n) is 2.17. The van der Waals surface area contributed by atoms with Crippen LogP contribution in [-0.4, -0.2) is 13.6 Å². The van der Waals surface area contributed by atoms with Crippen LogP contribution >= 0.6 is 0 Å². The van der Waals surface area contributed by atoms with Gasteiger partial charge in [-0.25, -0.2) is 4.39 Å². The number of benzene rings is 2. The maximum Gasteiger partial charge on any atom is 0.125 e. The number of anilines is 1. The summed E-state index contributed by atoms with van der Waals surface area (Å²) in [4.78, 5) is 2.03. The van der Waals surface area contributed by atoms with E-state index in [0.717, 1.165) is 12.2 Å². The highest BCUT2D eigenvalue weighted by Gasteiger charge is 2.05. The second-order valence-electron chi connectivity index (χ2n) is 5.21. The number of hydrogen-bond acceptors (Lipinski definition) is 2. The van der Waals surface area contributed by atoms with Crippen molar-refractivity contribution in [1.82, 2.24) is 0 Å². The second kappa shape index (κ2) is 6.53. The predicted molar refractivity (Wildman–Crippen MR) is 82.4 cm³/mol. The van der Waals surface area contributed by atoms with E-state index in [9.17, 15) is 4.39 Å². The first-order chi connectivity index (χ1) is 9.60. The zero-order valence-electron chi connectivity index (χ0n) is 12.0. The molecule has 2 N–H and O–H groups in total. The Hall–Kier alpha value is -1.87. The zero-order chi connectivity index (χ0) is 14.5. The van der Waals surface area contributed by atoms with Gasteiger partial charge in [-0.05, 0) is 41.8 Å². The third kappa shape index (κ3) is 3.58. The van der Waals surface area contributed by atoms with Crippen LogP contribution in [0, 0.1) is 5.82 Å². The van der Waals surface area contributed by atoms with E-state index in [0.29, 0.717) is 12.5 Å². The Morgan fingerprint density at radius 1 is 1.15 bits per heavy atom. The maximum atomic E-state index is 13.2. The molecule has 2 rings (SSSR count). The molecule has 0 saturated heterocycles. The summed E-state index contributed by atoms with van der Waals surface area (Å²) in [5.41, 5.74) is 9.00. The van der Waals surface area contributed by atoms with Gasteiger partial charge in [-0.2, -0.15) is 0 Å². The lowest BCUT2D eigenvalue weighted by molar-refractivity contribution is 0.627. The molecular weight excluding hydrogens is 251 g/mol. The van der Waals surface area contributed by atoms with Crippen LogP contribution in [0.25, 0.3) is 0 Å². The highest BCUT2D eigenvalue weighted by Crippen LogP contribution is 2.19. The van der Waals surface area contributed by atoms with Crippen molar-refractivity contribution in [2.75, 3.05) is 18.5 Å². The van der Waals surface area contributed by atoms with Gasteiger partial charge in [0.25, 0.3) is 0 Å². The normalized spacial score (nSPS) is 12.2. The van der Waals surface area contributed by atoms with Gasteiger partial charge in [0.1, 0.15) is 5.82 Å². The quantitative estimate of drug-likeness (QED) is 0.902. The van der Waals surface area contributed by atoms with Gasteiger partial charge in [-0.1, -0.05) is 37.3 Å². The summed E-state index contributed by atoms with van der Waals surface area (Å²) >= 11 is 0. The average molecular weight is 272 g/mol. The van der Waals surface area contributed by atoms with Crippen LogP contribution in [0.2, 0.25) is 0 Å². The molecule has 0 heterocycles. The van der Waals surface area contributed by atoms with E-state index in [1.165, 1.54) is 17.2 Å². The van der Waals surface area contributed by atoms with E-state index in [4.69, 9.17) is 5.73 Å². The molecule has 0 spiro atoms. The molecular formula is C17H21FN2. The van der Waals surface area contributed by atoms with Crippen molar-refractivity contribution >= 4 is 5.69 Å². The molecule has 0 fully saturated rings. The van der Waals surface area contributed by atoms with Gasteiger partial charge >= 0.3 is 0 Å². The molecule has 106 valence electrons. The van der Waals surface area contributed by atoms with Gasteiger partial charge in [-0.3, -0.25) is 0 Å². The fourth-order valence-corrected chi connectivity index (χ4v) is 2.17. The smallest absolute Gasteiger partial charge is 0.125 e. The number of nitrogens with two attached hydrogens (primary N) is 1. The first-order valence-electron chi connectivity index (χ1n) is 6.85. The minimum absolute atomic E-state index is 0.207. The van der Waals surface area contributed by atoms with Crippen LogP contribution in [0.5, 0.6) is 0 Å². The standard InChI is InChI=1S/C17H21FN2/c1-13(11-19)15-8-6-14(7-9-15)12-20(2)17-5-3-4-16(18)10-17/h3-10,13H,11-12,19H2,1-2H3. The Balaban J connectivity index is 2.06. The molecule has 0 bridgehead atoms. The van der Waals surface area contributed by atoms with Crippen molar-refractivity contribution in [3.8, 4) is 0 Å². The molecule has 2 nitrogen and oxygen atoms in total.